The molecular weight excluding hydrogens is 334 g/mol. The molecule has 7 heteroatoms. The average Bonchev–Trinajstić information content (AvgIpc) is 2.68. The van der Waals surface area contributed by atoms with Crippen LogP contribution in [0.15, 0.2) is 54.6 Å². The van der Waals surface area contributed by atoms with Gasteiger partial charge in [-0.05, 0) is 17.7 Å². The van der Waals surface area contributed by atoms with E-state index in [0.717, 1.165) is 19.6 Å². The van der Waals surface area contributed by atoms with Crippen LogP contribution < -0.4 is 4.74 Å². The SMILES string of the molecule is O=C(COc1ccc([N+](=O)[O-])cc1)N1CCN(Cc2ccccc2)CC1. The van der Waals surface area contributed by atoms with E-state index in [1.54, 1.807) is 4.90 Å². The summed E-state index contributed by atoms with van der Waals surface area (Å²) in [7, 11) is 0. The number of ether oxygens (including phenoxy) is 1. The highest BCUT2D eigenvalue weighted by atomic mass is 16.6. The molecule has 7 nitrogen and oxygen atoms in total. The normalized spacial score (nSPS) is 14.8. The topological polar surface area (TPSA) is 75.9 Å². The summed E-state index contributed by atoms with van der Waals surface area (Å²) in [4.78, 5) is 26.6. The summed E-state index contributed by atoms with van der Waals surface area (Å²) in [6, 6.07) is 16.0. The average molecular weight is 355 g/mol. The van der Waals surface area contributed by atoms with E-state index in [0.29, 0.717) is 18.8 Å². The summed E-state index contributed by atoms with van der Waals surface area (Å²) in [5.74, 6) is 0.384. The lowest BCUT2D eigenvalue weighted by atomic mass is 10.2. The second-order valence-corrected chi connectivity index (χ2v) is 6.18. The highest BCUT2D eigenvalue weighted by Gasteiger charge is 2.21. The van der Waals surface area contributed by atoms with Crippen molar-refractivity contribution in [2.45, 2.75) is 6.54 Å². The maximum absolute atomic E-state index is 12.3. The molecule has 0 radical (unpaired) electrons. The third-order valence-corrected chi connectivity index (χ3v) is 4.38. The fourth-order valence-corrected chi connectivity index (χ4v) is 2.90. The van der Waals surface area contributed by atoms with Gasteiger partial charge in [0.1, 0.15) is 5.75 Å². The van der Waals surface area contributed by atoms with Crippen molar-refractivity contribution in [2.24, 2.45) is 0 Å². The Balaban J connectivity index is 1.42. The summed E-state index contributed by atoms with van der Waals surface area (Å²) in [5.41, 5.74) is 1.27. The Kier molecular flexibility index (Phi) is 5.80. The zero-order valence-electron chi connectivity index (χ0n) is 14.4. The predicted molar refractivity (Wildman–Crippen MR) is 96.9 cm³/mol. The lowest BCUT2D eigenvalue weighted by Crippen LogP contribution is -2.49. The van der Waals surface area contributed by atoms with Crippen molar-refractivity contribution in [3.63, 3.8) is 0 Å². The molecule has 0 aliphatic carbocycles. The fourth-order valence-electron chi connectivity index (χ4n) is 2.90. The molecule has 1 saturated heterocycles. The molecule has 26 heavy (non-hydrogen) atoms. The minimum absolute atomic E-state index is 0.00165. The van der Waals surface area contributed by atoms with E-state index in [-0.39, 0.29) is 18.2 Å². The molecule has 0 atom stereocenters. The van der Waals surface area contributed by atoms with E-state index in [9.17, 15) is 14.9 Å². The van der Waals surface area contributed by atoms with E-state index in [2.05, 4.69) is 17.0 Å². The van der Waals surface area contributed by atoms with Crippen molar-refractivity contribution in [3.8, 4) is 5.75 Å². The molecule has 0 unspecified atom stereocenters. The number of non-ortho nitro benzene ring substituents is 1. The molecule has 1 heterocycles. The van der Waals surface area contributed by atoms with E-state index < -0.39 is 4.92 Å². The number of carbonyl (C=O) groups is 1. The standard InChI is InChI=1S/C19H21N3O4/c23-19(15-26-18-8-6-17(7-9-18)22(24)25)21-12-10-20(11-13-21)14-16-4-2-1-3-5-16/h1-9H,10-15H2. The Labute approximate surface area is 151 Å². The van der Waals surface area contributed by atoms with Crippen LogP contribution in [0.2, 0.25) is 0 Å². The van der Waals surface area contributed by atoms with Crippen molar-refractivity contribution in [3.05, 3.63) is 70.3 Å². The number of piperazine rings is 1. The third-order valence-electron chi connectivity index (χ3n) is 4.38. The number of benzene rings is 2. The molecule has 1 fully saturated rings. The maximum Gasteiger partial charge on any atom is 0.269 e. The van der Waals surface area contributed by atoms with E-state index in [4.69, 9.17) is 4.74 Å². The molecule has 0 spiro atoms. The zero-order valence-corrected chi connectivity index (χ0v) is 14.4. The molecular formula is C19H21N3O4. The van der Waals surface area contributed by atoms with Crippen molar-refractivity contribution in [2.75, 3.05) is 32.8 Å². The largest absolute Gasteiger partial charge is 0.484 e. The predicted octanol–water partition coefficient (Wildman–Crippen LogP) is 2.32. The van der Waals surface area contributed by atoms with E-state index in [1.165, 1.54) is 29.8 Å². The van der Waals surface area contributed by atoms with Gasteiger partial charge in [0.25, 0.3) is 11.6 Å². The lowest BCUT2D eigenvalue weighted by Gasteiger charge is -2.34. The summed E-state index contributed by atoms with van der Waals surface area (Å²) in [5, 5.41) is 10.6. The molecule has 136 valence electrons. The zero-order chi connectivity index (χ0) is 18.4. The van der Waals surface area contributed by atoms with Gasteiger partial charge in [0.2, 0.25) is 0 Å². The van der Waals surface area contributed by atoms with Crippen LogP contribution in [0.1, 0.15) is 5.56 Å². The number of hydrogen-bond acceptors (Lipinski definition) is 5. The Morgan fingerprint density at radius 1 is 1.00 bits per heavy atom. The Morgan fingerprint density at radius 2 is 1.65 bits per heavy atom. The molecule has 0 N–H and O–H groups in total. The molecule has 0 aromatic heterocycles. The van der Waals surface area contributed by atoms with E-state index in [1.807, 2.05) is 18.2 Å². The number of carbonyl (C=O) groups excluding carboxylic acids is 1. The Bertz CT molecular complexity index is 741. The van der Waals surface area contributed by atoms with Crippen molar-refractivity contribution < 1.29 is 14.5 Å². The Morgan fingerprint density at radius 3 is 2.27 bits per heavy atom. The number of nitro benzene ring substituents is 1. The maximum atomic E-state index is 12.3. The second-order valence-electron chi connectivity index (χ2n) is 6.18. The van der Waals surface area contributed by atoms with Crippen molar-refractivity contribution >= 4 is 11.6 Å². The quantitative estimate of drug-likeness (QED) is 0.587. The summed E-state index contributed by atoms with van der Waals surface area (Å²) >= 11 is 0. The first-order chi connectivity index (χ1) is 12.6. The fraction of sp³-hybridized carbons (Fsp3) is 0.316. The smallest absolute Gasteiger partial charge is 0.269 e. The van der Waals surface area contributed by atoms with Crippen LogP contribution in [-0.2, 0) is 11.3 Å². The molecule has 1 aliphatic rings. The van der Waals surface area contributed by atoms with Gasteiger partial charge in [0.05, 0.1) is 4.92 Å². The lowest BCUT2D eigenvalue weighted by molar-refractivity contribution is -0.384. The minimum Gasteiger partial charge on any atom is -0.484 e. The number of hydrogen-bond donors (Lipinski definition) is 0. The molecule has 2 aromatic carbocycles. The van der Waals surface area contributed by atoms with E-state index >= 15 is 0 Å². The summed E-state index contributed by atoms with van der Waals surface area (Å²) < 4.78 is 5.45. The highest BCUT2D eigenvalue weighted by Crippen LogP contribution is 2.17. The number of nitro groups is 1. The van der Waals surface area contributed by atoms with Crippen LogP contribution in [0, 0.1) is 10.1 Å². The molecule has 0 saturated carbocycles. The monoisotopic (exact) mass is 355 g/mol. The molecule has 1 amide bonds. The van der Waals surface area contributed by atoms with Gasteiger partial charge in [0, 0.05) is 44.9 Å². The summed E-state index contributed by atoms with van der Waals surface area (Å²) in [6.07, 6.45) is 0. The number of amides is 1. The van der Waals surface area contributed by atoms with Crippen LogP contribution in [0.3, 0.4) is 0 Å². The van der Waals surface area contributed by atoms with Crippen molar-refractivity contribution in [1.82, 2.24) is 9.80 Å². The van der Waals surface area contributed by atoms with Gasteiger partial charge in [-0.15, -0.1) is 0 Å². The van der Waals surface area contributed by atoms with Gasteiger partial charge in [-0.3, -0.25) is 19.8 Å². The van der Waals surface area contributed by atoms with Crippen molar-refractivity contribution in [1.29, 1.82) is 0 Å². The van der Waals surface area contributed by atoms with Crippen LogP contribution in [-0.4, -0.2) is 53.4 Å². The summed E-state index contributed by atoms with van der Waals surface area (Å²) in [6.45, 7) is 3.85. The molecule has 0 bridgehead atoms. The van der Waals surface area contributed by atoms with Gasteiger partial charge in [-0.25, -0.2) is 0 Å². The molecule has 1 aliphatic heterocycles. The van der Waals surface area contributed by atoms with Crippen LogP contribution >= 0.6 is 0 Å². The van der Waals surface area contributed by atoms with Crippen LogP contribution in [0.5, 0.6) is 5.75 Å². The highest BCUT2D eigenvalue weighted by molar-refractivity contribution is 5.77. The minimum atomic E-state index is -0.468. The number of nitrogens with zero attached hydrogens (tertiary/aromatic N) is 3. The molecule has 2 aromatic rings. The first-order valence-corrected chi connectivity index (χ1v) is 8.53. The third kappa shape index (κ3) is 4.80. The first kappa shape index (κ1) is 17.9. The van der Waals surface area contributed by atoms with Gasteiger partial charge < -0.3 is 9.64 Å². The number of rotatable bonds is 6. The molecule has 3 rings (SSSR count). The van der Waals surface area contributed by atoms with Gasteiger partial charge in [-0.2, -0.15) is 0 Å². The Hall–Kier alpha value is -2.93. The van der Waals surface area contributed by atoms with Gasteiger partial charge in [0.15, 0.2) is 6.61 Å². The van der Waals surface area contributed by atoms with Gasteiger partial charge in [-0.1, -0.05) is 30.3 Å². The first-order valence-electron chi connectivity index (χ1n) is 8.53. The van der Waals surface area contributed by atoms with Gasteiger partial charge >= 0.3 is 0 Å². The second kappa shape index (κ2) is 8.44. The van der Waals surface area contributed by atoms with Crippen LogP contribution in [0.4, 0.5) is 5.69 Å². The van der Waals surface area contributed by atoms with Crippen LogP contribution in [0.25, 0.3) is 0 Å².